The maximum absolute atomic E-state index is 13.2. The minimum atomic E-state index is -0.244. The van der Waals surface area contributed by atoms with Crippen LogP contribution in [0.3, 0.4) is 0 Å². The van der Waals surface area contributed by atoms with Crippen molar-refractivity contribution in [3.05, 3.63) is 64.4 Å². The number of hydrogen-bond donors (Lipinski definition) is 2. The zero-order valence-corrected chi connectivity index (χ0v) is 21.2. The van der Waals surface area contributed by atoms with Crippen LogP contribution in [0.4, 0.5) is 10.1 Å². The Morgan fingerprint density at radius 1 is 1.20 bits per heavy atom. The fraction of sp³-hybridized carbons (Fsp3) is 0.360. The van der Waals surface area contributed by atoms with Gasteiger partial charge in [0.1, 0.15) is 11.6 Å². The van der Waals surface area contributed by atoms with E-state index in [1.165, 1.54) is 32.2 Å². The number of fused-ring (bicyclic) bond motifs is 2. The predicted molar refractivity (Wildman–Crippen MR) is 138 cm³/mol. The van der Waals surface area contributed by atoms with E-state index in [0.717, 1.165) is 25.2 Å². The molecule has 2 aliphatic heterocycles. The van der Waals surface area contributed by atoms with Gasteiger partial charge in [-0.3, -0.25) is 14.5 Å². The predicted octanol–water partition coefficient (Wildman–Crippen LogP) is 3.57. The second-order valence-corrected chi connectivity index (χ2v) is 9.03. The van der Waals surface area contributed by atoms with Crippen LogP contribution in [0.2, 0.25) is 5.02 Å². The third-order valence-electron chi connectivity index (χ3n) is 6.10. The molecule has 2 aliphatic rings. The Hall–Kier alpha value is -2.65. The van der Waals surface area contributed by atoms with Gasteiger partial charge >= 0.3 is 0 Å². The normalized spacial score (nSPS) is 19.8. The summed E-state index contributed by atoms with van der Waals surface area (Å²) in [6.07, 6.45) is 3.22. The summed E-state index contributed by atoms with van der Waals surface area (Å²) in [5.41, 5.74) is 2.19. The zero-order valence-electron chi connectivity index (χ0n) is 19.6. The smallest absolute Gasteiger partial charge is 0.247 e. The number of rotatable bonds is 6. The summed E-state index contributed by atoms with van der Waals surface area (Å²) in [5.74, 6) is -0.106. The molecular formula is C25H29Cl2FN4O3. The molecule has 0 aliphatic carbocycles. The van der Waals surface area contributed by atoms with E-state index in [2.05, 4.69) is 15.5 Å². The lowest BCUT2D eigenvalue weighted by Gasteiger charge is -2.50. The molecule has 35 heavy (non-hydrogen) atoms. The number of methoxy groups -OCH3 is 1. The minimum absolute atomic E-state index is 0. The first-order chi connectivity index (χ1) is 16.3. The van der Waals surface area contributed by atoms with E-state index >= 15 is 0 Å². The summed E-state index contributed by atoms with van der Waals surface area (Å²) in [7, 11) is 1.51. The number of hydrogen-bond acceptors (Lipinski definition) is 5. The number of carbonyl (C=O) groups is 2. The number of piperazine rings is 2. The van der Waals surface area contributed by atoms with E-state index in [1.54, 1.807) is 30.3 Å². The molecule has 0 aromatic heterocycles. The highest BCUT2D eigenvalue weighted by atomic mass is 35.5. The molecule has 2 atom stereocenters. The molecule has 0 radical (unpaired) electrons. The van der Waals surface area contributed by atoms with Gasteiger partial charge in [0.15, 0.2) is 0 Å². The average molecular weight is 523 g/mol. The lowest BCUT2D eigenvalue weighted by atomic mass is 10.0. The lowest BCUT2D eigenvalue weighted by molar-refractivity contribution is -0.136. The number of benzene rings is 2. The first-order valence-electron chi connectivity index (χ1n) is 11.2. The highest BCUT2D eigenvalue weighted by molar-refractivity contribution is 6.32. The van der Waals surface area contributed by atoms with Crippen LogP contribution in [0.25, 0.3) is 6.08 Å². The Kier molecular flexibility index (Phi) is 9.13. The van der Waals surface area contributed by atoms with E-state index < -0.39 is 0 Å². The van der Waals surface area contributed by atoms with Crippen molar-refractivity contribution in [2.75, 3.05) is 38.6 Å². The first kappa shape index (κ1) is 26.9. The topological polar surface area (TPSA) is 73.9 Å². The molecule has 2 saturated heterocycles. The van der Waals surface area contributed by atoms with Crippen LogP contribution in [0, 0.1) is 5.82 Å². The van der Waals surface area contributed by atoms with Crippen molar-refractivity contribution >= 4 is 47.6 Å². The Bertz CT molecular complexity index is 1080. The standard InChI is InChI=1S/C25H28ClFN4O3.ClH/c1-16(32)29-23-10-22(26)24(34-2)9-18(23)5-8-25(33)31-20-11-28-12-21(31)15-30(14-20)13-17-3-6-19(27)7-4-17;/h3-10,20-21,28H,11-15H2,1-2H3,(H,29,32);1H/b8-5+;. The molecule has 2 heterocycles. The minimum Gasteiger partial charge on any atom is -0.495 e. The lowest BCUT2D eigenvalue weighted by Crippen LogP contribution is -2.68. The summed E-state index contributed by atoms with van der Waals surface area (Å²) >= 11 is 6.21. The van der Waals surface area contributed by atoms with Crippen LogP contribution in [0.1, 0.15) is 18.1 Å². The highest BCUT2D eigenvalue weighted by Crippen LogP contribution is 2.32. The summed E-state index contributed by atoms with van der Waals surface area (Å²) in [6, 6.07) is 9.92. The molecule has 2 amide bonds. The maximum Gasteiger partial charge on any atom is 0.247 e. The number of amides is 2. The zero-order chi connectivity index (χ0) is 24.2. The van der Waals surface area contributed by atoms with Gasteiger partial charge in [0.05, 0.1) is 24.2 Å². The summed E-state index contributed by atoms with van der Waals surface area (Å²) < 4.78 is 18.5. The van der Waals surface area contributed by atoms with Gasteiger partial charge in [0.2, 0.25) is 11.8 Å². The molecule has 188 valence electrons. The van der Waals surface area contributed by atoms with Crippen molar-refractivity contribution in [3.8, 4) is 5.75 Å². The van der Waals surface area contributed by atoms with Gasteiger partial charge in [-0.25, -0.2) is 4.39 Å². The van der Waals surface area contributed by atoms with Gasteiger partial charge in [-0.2, -0.15) is 0 Å². The number of carbonyl (C=O) groups excluding carboxylic acids is 2. The largest absolute Gasteiger partial charge is 0.495 e. The van der Waals surface area contributed by atoms with Crippen molar-refractivity contribution < 1.29 is 18.7 Å². The van der Waals surface area contributed by atoms with Gasteiger partial charge in [-0.1, -0.05) is 23.7 Å². The molecule has 2 bridgehead atoms. The fourth-order valence-corrected chi connectivity index (χ4v) is 4.87. The van der Waals surface area contributed by atoms with E-state index in [4.69, 9.17) is 16.3 Å². The van der Waals surface area contributed by atoms with E-state index in [-0.39, 0.29) is 42.1 Å². The molecule has 0 spiro atoms. The number of anilines is 1. The molecule has 0 saturated carbocycles. The molecule has 2 N–H and O–H groups in total. The second kappa shape index (κ2) is 11.9. The number of nitrogens with one attached hydrogen (secondary N) is 2. The molecular weight excluding hydrogens is 494 g/mol. The number of halogens is 3. The quantitative estimate of drug-likeness (QED) is 0.567. The number of ether oxygens (including phenoxy) is 1. The van der Waals surface area contributed by atoms with Crippen molar-refractivity contribution in [2.24, 2.45) is 0 Å². The van der Waals surface area contributed by atoms with Crippen LogP contribution >= 0.6 is 24.0 Å². The van der Waals surface area contributed by atoms with E-state index in [0.29, 0.717) is 35.1 Å². The molecule has 2 aromatic carbocycles. The van der Waals surface area contributed by atoms with Gasteiger partial charge in [0.25, 0.3) is 0 Å². The van der Waals surface area contributed by atoms with Gasteiger partial charge in [-0.15, -0.1) is 12.4 Å². The third kappa shape index (κ3) is 6.52. The Morgan fingerprint density at radius 2 is 1.86 bits per heavy atom. The Balaban J connectivity index is 0.00000342. The molecule has 4 rings (SSSR count). The van der Waals surface area contributed by atoms with Crippen molar-refractivity contribution in [3.63, 3.8) is 0 Å². The van der Waals surface area contributed by atoms with Crippen LogP contribution < -0.4 is 15.4 Å². The molecule has 2 unspecified atom stereocenters. The maximum atomic E-state index is 13.2. The fourth-order valence-electron chi connectivity index (χ4n) is 4.63. The molecule has 2 aromatic rings. The average Bonchev–Trinajstić information content (AvgIpc) is 2.79. The van der Waals surface area contributed by atoms with Crippen molar-refractivity contribution in [1.82, 2.24) is 15.1 Å². The second-order valence-electron chi connectivity index (χ2n) is 8.62. The van der Waals surface area contributed by atoms with Crippen molar-refractivity contribution in [2.45, 2.75) is 25.6 Å². The van der Waals surface area contributed by atoms with E-state index in [9.17, 15) is 14.0 Å². The Morgan fingerprint density at radius 3 is 2.46 bits per heavy atom. The Labute approximate surface area is 215 Å². The summed E-state index contributed by atoms with van der Waals surface area (Å²) in [5, 5.41) is 6.53. The van der Waals surface area contributed by atoms with Crippen LogP contribution in [-0.4, -0.2) is 67.0 Å². The summed E-state index contributed by atoms with van der Waals surface area (Å²) in [6.45, 7) is 5.01. The van der Waals surface area contributed by atoms with Crippen LogP contribution in [0.15, 0.2) is 42.5 Å². The number of nitrogens with zero attached hydrogens (tertiary/aromatic N) is 2. The molecule has 10 heteroatoms. The SMILES string of the molecule is COc1cc(/C=C/C(=O)N2C3CNCC2CN(Cc2ccc(F)cc2)C3)c(NC(C)=O)cc1Cl.Cl. The third-order valence-corrected chi connectivity index (χ3v) is 6.39. The van der Waals surface area contributed by atoms with Gasteiger partial charge in [0, 0.05) is 57.0 Å². The molecule has 2 fully saturated rings. The van der Waals surface area contributed by atoms with Crippen LogP contribution in [0.5, 0.6) is 5.75 Å². The van der Waals surface area contributed by atoms with Gasteiger partial charge in [-0.05, 0) is 35.9 Å². The van der Waals surface area contributed by atoms with Gasteiger partial charge < -0.3 is 20.3 Å². The van der Waals surface area contributed by atoms with Crippen LogP contribution in [-0.2, 0) is 16.1 Å². The molecule has 7 nitrogen and oxygen atoms in total. The first-order valence-corrected chi connectivity index (χ1v) is 11.5. The summed E-state index contributed by atoms with van der Waals surface area (Å²) in [4.78, 5) is 29.1. The van der Waals surface area contributed by atoms with E-state index in [1.807, 2.05) is 4.90 Å². The monoisotopic (exact) mass is 522 g/mol. The van der Waals surface area contributed by atoms with Crippen molar-refractivity contribution in [1.29, 1.82) is 0 Å². The highest BCUT2D eigenvalue weighted by Gasteiger charge is 2.39.